The van der Waals surface area contributed by atoms with Gasteiger partial charge < -0.3 is 5.32 Å². The number of nitrogens with one attached hydrogen (secondary N) is 1. The molecule has 1 N–H and O–H groups in total. The molecule has 0 saturated carbocycles. The van der Waals surface area contributed by atoms with Gasteiger partial charge in [-0.2, -0.15) is 0 Å². The van der Waals surface area contributed by atoms with E-state index in [0.29, 0.717) is 5.69 Å². The topological polar surface area (TPSA) is 45.2 Å². The van der Waals surface area contributed by atoms with Crippen LogP contribution in [0.15, 0.2) is 78.9 Å². The highest BCUT2D eigenvalue weighted by molar-refractivity contribution is 5.93. The van der Waals surface area contributed by atoms with Crippen LogP contribution in [-0.2, 0) is 6.54 Å². The molecule has 4 heteroatoms. The van der Waals surface area contributed by atoms with Gasteiger partial charge in [0.25, 0.3) is 5.91 Å². The molecule has 1 amide bonds. The molecule has 0 unspecified atom stereocenters. The van der Waals surface area contributed by atoms with Gasteiger partial charge in [0.2, 0.25) is 0 Å². The largest absolute Gasteiger partial charge is 0.348 e. The van der Waals surface area contributed by atoms with E-state index >= 15 is 0 Å². The predicted molar refractivity (Wildman–Crippen MR) is 112 cm³/mol. The first-order valence-electron chi connectivity index (χ1n) is 9.87. The molecule has 28 heavy (non-hydrogen) atoms. The first-order valence-corrected chi connectivity index (χ1v) is 9.87. The van der Waals surface area contributed by atoms with Gasteiger partial charge in [0, 0.05) is 31.2 Å². The molecular formula is C24H25N3O. The van der Waals surface area contributed by atoms with Gasteiger partial charge in [-0.25, -0.2) is 4.98 Å². The van der Waals surface area contributed by atoms with Crippen LogP contribution < -0.4 is 5.32 Å². The minimum atomic E-state index is -0.0840. The lowest BCUT2D eigenvalue weighted by Gasteiger charge is -2.32. The number of rotatable bonds is 5. The second kappa shape index (κ2) is 8.81. The van der Waals surface area contributed by atoms with Crippen LogP contribution in [0.3, 0.4) is 0 Å². The van der Waals surface area contributed by atoms with Crippen LogP contribution in [0.1, 0.15) is 28.9 Å². The van der Waals surface area contributed by atoms with E-state index in [0.717, 1.165) is 43.7 Å². The fourth-order valence-electron chi connectivity index (χ4n) is 3.67. The molecule has 4 nitrogen and oxygen atoms in total. The summed E-state index contributed by atoms with van der Waals surface area (Å²) in [4.78, 5) is 19.7. The van der Waals surface area contributed by atoms with Crippen LogP contribution >= 0.6 is 0 Å². The zero-order chi connectivity index (χ0) is 19.2. The van der Waals surface area contributed by atoms with Gasteiger partial charge in [0.15, 0.2) is 0 Å². The van der Waals surface area contributed by atoms with Gasteiger partial charge in [0.05, 0.1) is 5.69 Å². The molecule has 0 atom stereocenters. The summed E-state index contributed by atoms with van der Waals surface area (Å²) in [6.07, 6.45) is 1.94. The average molecular weight is 371 g/mol. The van der Waals surface area contributed by atoms with Crippen LogP contribution in [0.25, 0.3) is 11.3 Å². The van der Waals surface area contributed by atoms with E-state index in [-0.39, 0.29) is 11.9 Å². The Morgan fingerprint density at radius 1 is 0.893 bits per heavy atom. The quantitative estimate of drug-likeness (QED) is 0.733. The van der Waals surface area contributed by atoms with E-state index in [1.165, 1.54) is 5.56 Å². The lowest BCUT2D eigenvalue weighted by Crippen LogP contribution is -2.44. The third-order valence-corrected chi connectivity index (χ3v) is 5.22. The minimum Gasteiger partial charge on any atom is -0.348 e. The smallest absolute Gasteiger partial charge is 0.270 e. The van der Waals surface area contributed by atoms with Crippen molar-refractivity contribution in [3.05, 3.63) is 90.1 Å². The van der Waals surface area contributed by atoms with E-state index in [1.54, 1.807) is 6.07 Å². The summed E-state index contributed by atoms with van der Waals surface area (Å²) in [7, 11) is 0. The third-order valence-electron chi connectivity index (χ3n) is 5.22. The number of hydrogen-bond donors (Lipinski definition) is 1. The van der Waals surface area contributed by atoms with Crippen molar-refractivity contribution in [2.75, 3.05) is 13.1 Å². The van der Waals surface area contributed by atoms with Crippen molar-refractivity contribution in [2.45, 2.75) is 25.4 Å². The number of hydrogen-bond acceptors (Lipinski definition) is 3. The summed E-state index contributed by atoms with van der Waals surface area (Å²) in [6.45, 7) is 2.97. The maximum absolute atomic E-state index is 12.7. The molecule has 0 bridgehead atoms. The number of likely N-dealkylation sites (tertiary alicyclic amines) is 1. The number of carbonyl (C=O) groups is 1. The molecule has 1 aliphatic heterocycles. The Labute approximate surface area is 166 Å². The Kier molecular flexibility index (Phi) is 5.78. The van der Waals surface area contributed by atoms with E-state index in [1.807, 2.05) is 48.5 Å². The van der Waals surface area contributed by atoms with Gasteiger partial charge in [-0.1, -0.05) is 66.7 Å². The molecule has 142 valence electrons. The van der Waals surface area contributed by atoms with Crippen molar-refractivity contribution in [2.24, 2.45) is 0 Å². The van der Waals surface area contributed by atoms with E-state index < -0.39 is 0 Å². The summed E-state index contributed by atoms with van der Waals surface area (Å²) in [5.41, 5.74) is 3.66. The summed E-state index contributed by atoms with van der Waals surface area (Å²) >= 11 is 0. The molecular weight excluding hydrogens is 346 g/mol. The summed E-state index contributed by atoms with van der Waals surface area (Å²) in [6, 6.07) is 26.3. The molecule has 1 saturated heterocycles. The Balaban J connectivity index is 1.32. The average Bonchev–Trinajstić information content (AvgIpc) is 2.76. The van der Waals surface area contributed by atoms with Crippen LogP contribution in [0.5, 0.6) is 0 Å². The highest BCUT2D eigenvalue weighted by Crippen LogP contribution is 2.17. The van der Waals surface area contributed by atoms with Gasteiger partial charge in [-0.3, -0.25) is 9.69 Å². The predicted octanol–water partition coefficient (Wildman–Crippen LogP) is 4.14. The fraction of sp³-hybridized carbons (Fsp3) is 0.250. The Hall–Kier alpha value is -2.98. The Bertz CT molecular complexity index is 903. The standard InChI is InChI=1S/C24H25N3O/c28-24(23-13-7-12-22(26-23)20-10-5-2-6-11-20)25-21-14-16-27(17-15-21)18-19-8-3-1-4-9-19/h1-13,21H,14-18H2,(H,25,28). The lowest BCUT2D eigenvalue weighted by molar-refractivity contribution is 0.0904. The molecule has 4 rings (SSSR count). The number of pyridine rings is 1. The number of piperidine rings is 1. The molecule has 0 aliphatic carbocycles. The van der Waals surface area contributed by atoms with Crippen LogP contribution in [-0.4, -0.2) is 34.9 Å². The first-order chi connectivity index (χ1) is 13.8. The van der Waals surface area contributed by atoms with Crippen LogP contribution in [0.4, 0.5) is 0 Å². The van der Waals surface area contributed by atoms with Crippen molar-refractivity contribution in [3.63, 3.8) is 0 Å². The van der Waals surface area contributed by atoms with E-state index in [4.69, 9.17) is 0 Å². The highest BCUT2D eigenvalue weighted by Gasteiger charge is 2.21. The third kappa shape index (κ3) is 4.65. The highest BCUT2D eigenvalue weighted by atomic mass is 16.1. The second-order valence-corrected chi connectivity index (χ2v) is 7.28. The van der Waals surface area contributed by atoms with Gasteiger partial charge in [-0.05, 0) is 30.5 Å². The molecule has 1 fully saturated rings. The molecule has 1 aliphatic rings. The monoisotopic (exact) mass is 371 g/mol. The van der Waals surface area contributed by atoms with Gasteiger partial charge in [0.1, 0.15) is 5.69 Å². The molecule has 1 aromatic heterocycles. The van der Waals surface area contributed by atoms with E-state index in [2.05, 4.69) is 39.5 Å². The fourth-order valence-corrected chi connectivity index (χ4v) is 3.67. The Morgan fingerprint density at radius 2 is 1.57 bits per heavy atom. The maximum Gasteiger partial charge on any atom is 0.270 e. The minimum absolute atomic E-state index is 0.0840. The van der Waals surface area contributed by atoms with Crippen LogP contribution in [0.2, 0.25) is 0 Å². The van der Waals surface area contributed by atoms with Gasteiger partial charge in [-0.15, -0.1) is 0 Å². The normalized spacial score (nSPS) is 15.3. The molecule has 0 radical (unpaired) electrons. The lowest BCUT2D eigenvalue weighted by atomic mass is 10.0. The van der Waals surface area contributed by atoms with Crippen molar-refractivity contribution >= 4 is 5.91 Å². The summed E-state index contributed by atoms with van der Waals surface area (Å²) in [5, 5.41) is 3.17. The second-order valence-electron chi connectivity index (χ2n) is 7.28. The number of benzene rings is 2. The SMILES string of the molecule is O=C(NC1CCN(Cc2ccccc2)CC1)c1cccc(-c2ccccc2)n1. The van der Waals surface area contributed by atoms with Gasteiger partial charge >= 0.3 is 0 Å². The number of aromatic nitrogens is 1. The zero-order valence-electron chi connectivity index (χ0n) is 15.9. The molecule has 3 aromatic rings. The summed E-state index contributed by atoms with van der Waals surface area (Å²) in [5.74, 6) is -0.0840. The van der Waals surface area contributed by atoms with E-state index in [9.17, 15) is 4.79 Å². The first kappa shape index (κ1) is 18.4. The van der Waals surface area contributed by atoms with Crippen LogP contribution in [0, 0.1) is 0 Å². The molecule has 0 spiro atoms. The zero-order valence-corrected chi connectivity index (χ0v) is 15.9. The number of carbonyl (C=O) groups excluding carboxylic acids is 1. The molecule has 2 heterocycles. The van der Waals surface area contributed by atoms with Crippen molar-refractivity contribution in [1.82, 2.24) is 15.2 Å². The molecule has 2 aromatic carbocycles. The Morgan fingerprint density at radius 3 is 2.29 bits per heavy atom. The summed E-state index contributed by atoms with van der Waals surface area (Å²) < 4.78 is 0. The van der Waals surface area contributed by atoms with Crippen molar-refractivity contribution in [1.29, 1.82) is 0 Å². The maximum atomic E-state index is 12.7. The van der Waals surface area contributed by atoms with Crippen molar-refractivity contribution in [3.8, 4) is 11.3 Å². The van der Waals surface area contributed by atoms with Crippen molar-refractivity contribution < 1.29 is 4.79 Å². The number of amides is 1. The number of nitrogens with zero attached hydrogens (tertiary/aromatic N) is 2.